The molecule has 0 saturated heterocycles. The second-order valence-corrected chi connectivity index (χ2v) is 7.45. The van der Waals surface area contributed by atoms with E-state index in [-0.39, 0.29) is 12.5 Å². The van der Waals surface area contributed by atoms with Crippen LogP contribution in [0.4, 0.5) is 5.69 Å². The van der Waals surface area contributed by atoms with Gasteiger partial charge in [0.05, 0.1) is 16.6 Å². The smallest absolute Gasteiger partial charge is 0.270 e. The summed E-state index contributed by atoms with van der Waals surface area (Å²) >= 11 is 7.88. The van der Waals surface area contributed by atoms with Gasteiger partial charge >= 0.3 is 0 Å². The summed E-state index contributed by atoms with van der Waals surface area (Å²) in [7, 11) is 0. The Balaban J connectivity index is 1.50. The Kier molecular flexibility index (Phi) is 5.29. The van der Waals surface area contributed by atoms with Gasteiger partial charge in [-0.25, -0.2) is 0 Å². The maximum atomic E-state index is 11.2. The first-order valence-corrected chi connectivity index (χ1v) is 9.81. The van der Waals surface area contributed by atoms with E-state index in [0.29, 0.717) is 59.2 Å². The van der Waals surface area contributed by atoms with Crippen molar-refractivity contribution >= 4 is 29.1 Å². The number of rotatable bonds is 5. The number of non-ortho nitro benzene ring substituents is 1. The molecule has 0 saturated carbocycles. The van der Waals surface area contributed by atoms with Crippen LogP contribution >= 0.6 is 23.4 Å². The number of halogens is 1. The highest BCUT2D eigenvalue weighted by Gasteiger charge is 2.21. The molecule has 0 fully saturated rings. The fraction of sp³-hybridized carbons (Fsp3) is 0.333. The van der Waals surface area contributed by atoms with Gasteiger partial charge in [0.15, 0.2) is 18.3 Å². The predicted octanol–water partition coefficient (Wildman–Crippen LogP) is 4.32. The molecule has 0 bridgehead atoms. The quantitative estimate of drug-likeness (QED) is 0.537. The molecule has 7 nitrogen and oxygen atoms in total. The van der Waals surface area contributed by atoms with Crippen molar-refractivity contribution in [2.75, 3.05) is 20.0 Å². The Morgan fingerprint density at radius 3 is 2.78 bits per heavy atom. The fourth-order valence-corrected chi connectivity index (χ4v) is 4.25. The lowest BCUT2D eigenvalue weighted by molar-refractivity contribution is -0.385. The van der Waals surface area contributed by atoms with Crippen LogP contribution in [0.25, 0.3) is 0 Å². The molecule has 0 aromatic heterocycles. The second-order valence-electron chi connectivity index (χ2n) is 6.06. The molecule has 4 rings (SSSR count). The van der Waals surface area contributed by atoms with Gasteiger partial charge in [-0.2, -0.15) is 11.8 Å². The Morgan fingerprint density at radius 2 is 1.93 bits per heavy atom. The zero-order valence-corrected chi connectivity index (χ0v) is 15.8. The lowest BCUT2D eigenvalue weighted by Gasteiger charge is -2.21. The number of hydrogen-bond donors (Lipinski definition) is 0. The van der Waals surface area contributed by atoms with Gasteiger partial charge in [-0.1, -0.05) is 11.6 Å². The van der Waals surface area contributed by atoms with Crippen LogP contribution in [-0.4, -0.2) is 24.9 Å². The Morgan fingerprint density at radius 1 is 1.07 bits per heavy atom. The van der Waals surface area contributed by atoms with Crippen LogP contribution in [0.2, 0.25) is 5.02 Å². The summed E-state index contributed by atoms with van der Waals surface area (Å²) in [5.41, 5.74) is 2.53. The maximum Gasteiger partial charge on any atom is 0.270 e. The first-order chi connectivity index (χ1) is 13.1. The molecule has 0 N–H and O–H groups in total. The van der Waals surface area contributed by atoms with Crippen LogP contribution in [-0.2, 0) is 22.8 Å². The largest absolute Gasteiger partial charge is 0.486 e. The van der Waals surface area contributed by atoms with Crippen molar-refractivity contribution in [3.8, 4) is 17.2 Å². The molecule has 0 amide bonds. The monoisotopic (exact) mass is 409 g/mol. The summed E-state index contributed by atoms with van der Waals surface area (Å²) in [5, 5.41) is 11.7. The van der Waals surface area contributed by atoms with E-state index >= 15 is 0 Å². The molecule has 2 aromatic carbocycles. The Hall–Kier alpha value is -2.16. The van der Waals surface area contributed by atoms with E-state index in [2.05, 4.69) is 0 Å². The van der Waals surface area contributed by atoms with E-state index in [0.717, 1.165) is 11.1 Å². The van der Waals surface area contributed by atoms with Crippen molar-refractivity contribution < 1.29 is 23.9 Å². The molecule has 2 aromatic rings. The molecule has 2 heterocycles. The number of hydrogen-bond acceptors (Lipinski definition) is 7. The standard InChI is InChI=1S/C18H16ClNO6S/c19-15-3-11(4-16-18(15)25-2-1-24-16)8-27-9-13-6-14(20(21)22)5-12-7-23-10-26-17(12)13/h3-6H,1-2,7-10H2. The van der Waals surface area contributed by atoms with Crippen molar-refractivity contribution in [3.05, 3.63) is 56.1 Å². The molecule has 27 heavy (non-hydrogen) atoms. The average Bonchev–Trinajstić information content (AvgIpc) is 2.68. The Labute approximate surface area is 164 Å². The van der Waals surface area contributed by atoms with Crippen LogP contribution < -0.4 is 14.2 Å². The minimum Gasteiger partial charge on any atom is -0.486 e. The van der Waals surface area contributed by atoms with Crippen molar-refractivity contribution in [1.29, 1.82) is 0 Å². The van der Waals surface area contributed by atoms with Crippen molar-refractivity contribution in [2.24, 2.45) is 0 Å². The third-order valence-corrected chi connectivity index (χ3v) is 5.50. The van der Waals surface area contributed by atoms with E-state index in [4.69, 9.17) is 30.5 Å². The molecule has 2 aliphatic heterocycles. The summed E-state index contributed by atoms with van der Waals surface area (Å²) in [6.07, 6.45) is 0. The normalized spacial score (nSPS) is 15.0. The second kappa shape index (κ2) is 7.84. The molecular weight excluding hydrogens is 394 g/mol. The van der Waals surface area contributed by atoms with Crippen LogP contribution in [0.15, 0.2) is 24.3 Å². The number of thioether (sulfide) groups is 1. The van der Waals surface area contributed by atoms with Crippen molar-refractivity contribution in [3.63, 3.8) is 0 Å². The number of nitro benzene ring substituents is 1. The van der Waals surface area contributed by atoms with Gasteiger partial charge in [0, 0.05) is 34.8 Å². The maximum absolute atomic E-state index is 11.2. The first kappa shape index (κ1) is 18.2. The topological polar surface area (TPSA) is 80.1 Å². The number of fused-ring (bicyclic) bond motifs is 2. The van der Waals surface area contributed by atoms with Crippen LogP contribution in [0.1, 0.15) is 16.7 Å². The van der Waals surface area contributed by atoms with Gasteiger partial charge in [0.1, 0.15) is 19.0 Å². The van der Waals surface area contributed by atoms with Gasteiger partial charge in [0.2, 0.25) is 0 Å². The molecule has 142 valence electrons. The summed E-state index contributed by atoms with van der Waals surface area (Å²) in [4.78, 5) is 10.8. The summed E-state index contributed by atoms with van der Waals surface area (Å²) < 4.78 is 21.9. The van der Waals surface area contributed by atoms with Crippen LogP contribution in [0, 0.1) is 10.1 Å². The molecule has 0 atom stereocenters. The lowest BCUT2D eigenvalue weighted by Crippen LogP contribution is -2.15. The first-order valence-electron chi connectivity index (χ1n) is 8.28. The SMILES string of the molecule is O=[N+]([O-])c1cc2c(c(CSCc3cc(Cl)c4c(c3)OCCO4)c1)OCOC2. The van der Waals surface area contributed by atoms with Crippen molar-refractivity contribution in [1.82, 2.24) is 0 Å². The van der Waals surface area contributed by atoms with E-state index in [1.165, 1.54) is 6.07 Å². The number of benzene rings is 2. The Bertz CT molecular complexity index is 891. The predicted molar refractivity (Wildman–Crippen MR) is 101 cm³/mol. The molecule has 0 spiro atoms. The molecule has 0 unspecified atom stereocenters. The van der Waals surface area contributed by atoms with Gasteiger partial charge in [-0.15, -0.1) is 0 Å². The van der Waals surface area contributed by atoms with E-state index in [1.807, 2.05) is 12.1 Å². The zero-order valence-electron chi connectivity index (χ0n) is 14.2. The molecule has 2 aliphatic rings. The van der Waals surface area contributed by atoms with Crippen LogP contribution in [0.3, 0.4) is 0 Å². The van der Waals surface area contributed by atoms with Gasteiger partial charge < -0.3 is 18.9 Å². The minimum atomic E-state index is -0.399. The molecule has 0 radical (unpaired) electrons. The third kappa shape index (κ3) is 3.92. The van der Waals surface area contributed by atoms with E-state index in [1.54, 1.807) is 17.8 Å². The van der Waals surface area contributed by atoms with Gasteiger partial charge in [-0.05, 0) is 17.7 Å². The average molecular weight is 410 g/mol. The van der Waals surface area contributed by atoms with Gasteiger partial charge in [0.25, 0.3) is 5.69 Å². The highest BCUT2D eigenvalue weighted by atomic mass is 35.5. The van der Waals surface area contributed by atoms with E-state index in [9.17, 15) is 10.1 Å². The van der Waals surface area contributed by atoms with Gasteiger partial charge in [-0.3, -0.25) is 10.1 Å². The number of ether oxygens (including phenoxy) is 4. The highest BCUT2D eigenvalue weighted by molar-refractivity contribution is 7.97. The van der Waals surface area contributed by atoms with Crippen molar-refractivity contribution in [2.45, 2.75) is 18.1 Å². The number of nitrogens with zero attached hydrogens (tertiary/aromatic N) is 1. The highest BCUT2D eigenvalue weighted by Crippen LogP contribution is 2.40. The molecule has 9 heteroatoms. The summed E-state index contributed by atoms with van der Waals surface area (Å²) in [5.74, 6) is 3.15. The van der Waals surface area contributed by atoms with Crippen LogP contribution in [0.5, 0.6) is 17.2 Å². The zero-order chi connectivity index (χ0) is 18.8. The summed E-state index contributed by atoms with van der Waals surface area (Å²) in [6, 6.07) is 6.84. The lowest BCUT2D eigenvalue weighted by atomic mass is 10.1. The summed E-state index contributed by atoms with van der Waals surface area (Å²) in [6.45, 7) is 1.45. The molecular formula is C18H16ClNO6S. The molecule has 0 aliphatic carbocycles. The minimum absolute atomic E-state index is 0.0424. The fourth-order valence-electron chi connectivity index (χ4n) is 3.02. The number of nitro groups is 1. The third-order valence-electron chi connectivity index (χ3n) is 4.17. The van der Waals surface area contributed by atoms with E-state index < -0.39 is 4.92 Å².